The zero-order valence-electron chi connectivity index (χ0n) is 17.1. The van der Waals surface area contributed by atoms with E-state index in [1.165, 1.54) is 0 Å². The van der Waals surface area contributed by atoms with Gasteiger partial charge in [0.15, 0.2) is 11.7 Å². The second-order valence-corrected chi connectivity index (χ2v) is 7.01. The number of hydrogen-bond donors (Lipinski definition) is 2. The summed E-state index contributed by atoms with van der Waals surface area (Å²) in [5.74, 6) is 2.63. The van der Waals surface area contributed by atoms with Gasteiger partial charge in [0.2, 0.25) is 0 Å². The number of ether oxygens (including phenoxy) is 2. The first kappa shape index (κ1) is 21.7. The van der Waals surface area contributed by atoms with E-state index < -0.39 is 0 Å². The molecule has 1 unspecified atom stereocenters. The van der Waals surface area contributed by atoms with Crippen molar-refractivity contribution in [2.75, 3.05) is 39.5 Å². The maximum Gasteiger partial charge on any atom is 0.191 e. The van der Waals surface area contributed by atoms with Gasteiger partial charge >= 0.3 is 0 Å². The summed E-state index contributed by atoms with van der Waals surface area (Å²) in [6.45, 7) is 11.8. The number of rotatable bonds is 12. The SMILES string of the molecule is CCNC(=NCc1cc(C(CC)CC)no1)NCCCOCC1CCOC1. The zero-order chi connectivity index (χ0) is 19.3. The Kier molecular flexibility index (Phi) is 10.2. The number of guanidine groups is 1. The lowest BCUT2D eigenvalue weighted by molar-refractivity contribution is 0.0888. The molecule has 0 bridgehead atoms. The summed E-state index contributed by atoms with van der Waals surface area (Å²) >= 11 is 0. The zero-order valence-corrected chi connectivity index (χ0v) is 17.1. The Labute approximate surface area is 163 Å². The van der Waals surface area contributed by atoms with Crippen molar-refractivity contribution in [1.82, 2.24) is 15.8 Å². The molecular weight excluding hydrogens is 344 g/mol. The lowest BCUT2D eigenvalue weighted by Gasteiger charge is -2.12. The standard InChI is InChI=1S/C20H36N4O3/c1-4-17(5-2)19-12-18(27-24-19)13-23-20(21-6-3)22-9-7-10-25-14-16-8-11-26-15-16/h12,16-17H,4-11,13-15H2,1-3H3,(H2,21,22,23). The van der Waals surface area contributed by atoms with Crippen LogP contribution in [-0.2, 0) is 16.0 Å². The Morgan fingerprint density at radius 2 is 2.19 bits per heavy atom. The molecule has 1 aliphatic rings. The lowest BCUT2D eigenvalue weighted by Crippen LogP contribution is -2.38. The predicted octanol–water partition coefficient (Wildman–Crippen LogP) is 3.08. The van der Waals surface area contributed by atoms with Crippen molar-refractivity contribution in [2.45, 2.75) is 58.9 Å². The molecule has 1 aliphatic heterocycles. The van der Waals surface area contributed by atoms with Crippen LogP contribution in [-0.4, -0.2) is 50.6 Å². The molecule has 2 heterocycles. The second-order valence-electron chi connectivity index (χ2n) is 7.01. The number of nitrogens with one attached hydrogen (secondary N) is 2. The van der Waals surface area contributed by atoms with Crippen LogP contribution in [0.5, 0.6) is 0 Å². The van der Waals surface area contributed by atoms with Gasteiger partial charge in [-0.15, -0.1) is 0 Å². The van der Waals surface area contributed by atoms with Crippen LogP contribution >= 0.6 is 0 Å². The van der Waals surface area contributed by atoms with E-state index in [-0.39, 0.29) is 0 Å². The smallest absolute Gasteiger partial charge is 0.191 e. The molecular formula is C20H36N4O3. The van der Waals surface area contributed by atoms with E-state index in [1.807, 2.05) is 6.07 Å². The van der Waals surface area contributed by atoms with Crippen molar-refractivity contribution in [3.63, 3.8) is 0 Å². The lowest BCUT2D eigenvalue weighted by atomic mass is 9.99. The minimum Gasteiger partial charge on any atom is -0.381 e. The third kappa shape index (κ3) is 7.89. The van der Waals surface area contributed by atoms with E-state index >= 15 is 0 Å². The highest BCUT2D eigenvalue weighted by molar-refractivity contribution is 5.79. The van der Waals surface area contributed by atoms with Crippen LogP contribution in [0.4, 0.5) is 0 Å². The number of nitrogens with zero attached hydrogens (tertiary/aromatic N) is 2. The number of aromatic nitrogens is 1. The van der Waals surface area contributed by atoms with Crippen molar-refractivity contribution in [2.24, 2.45) is 10.9 Å². The molecule has 0 aliphatic carbocycles. The summed E-state index contributed by atoms with van der Waals surface area (Å²) < 4.78 is 16.5. The fourth-order valence-corrected chi connectivity index (χ4v) is 3.15. The number of hydrogen-bond acceptors (Lipinski definition) is 5. The molecule has 0 spiro atoms. The monoisotopic (exact) mass is 380 g/mol. The fraction of sp³-hybridized carbons (Fsp3) is 0.800. The van der Waals surface area contributed by atoms with Crippen LogP contribution < -0.4 is 10.6 Å². The molecule has 0 aromatic carbocycles. The first-order chi connectivity index (χ1) is 13.3. The van der Waals surface area contributed by atoms with Gasteiger partial charge in [-0.2, -0.15) is 0 Å². The average Bonchev–Trinajstić information content (AvgIpc) is 3.36. The van der Waals surface area contributed by atoms with E-state index in [9.17, 15) is 0 Å². The second kappa shape index (κ2) is 12.7. The largest absolute Gasteiger partial charge is 0.381 e. The van der Waals surface area contributed by atoms with Gasteiger partial charge < -0.3 is 24.6 Å². The van der Waals surface area contributed by atoms with Crippen molar-refractivity contribution < 1.29 is 14.0 Å². The summed E-state index contributed by atoms with van der Waals surface area (Å²) in [7, 11) is 0. The molecule has 7 heteroatoms. The van der Waals surface area contributed by atoms with Gasteiger partial charge in [-0.1, -0.05) is 19.0 Å². The Balaban J connectivity index is 1.68. The van der Waals surface area contributed by atoms with Gasteiger partial charge in [-0.3, -0.25) is 0 Å². The summed E-state index contributed by atoms with van der Waals surface area (Å²) in [6, 6.07) is 2.03. The summed E-state index contributed by atoms with van der Waals surface area (Å²) in [5, 5.41) is 10.8. The van der Waals surface area contributed by atoms with Crippen LogP contribution in [0.15, 0.2) is 15.6 Å². The third-order valence-electron chi connectivity index (χ3n) is 4.85. The van der Waals surface area contributed by atoms with E-state index in [1.54, 1.807) is 0 Å². The highest BCUT2D eigenvalue weighted by Crippen LogP contribution is 2.22. The maximum absolute atomic E-state index is 5.73. The Morgan fingerprint density at radius 3 is 2.89 bits per heavy atom. The van der Waals surface area contributed by atoms with Gasteiger partial charge in [0.05, 0.1) is 18.9 Å². The summed E-state index contributed by atoms with van der Waals surface area (Å²) in [5.41, 5.74) is 1.04. The minimum absolute atomic E-state index is 0.466. The van der Waals surface area contributed by atoms with Gasteiger partial charge in [-0.05, 0) is 32.6 Å². The molecule has 0 amide bonds. The molecule has 0 radical (unpaired) electrons. The Morgan fingerprint density at radius 1 is 1.33 bits per heavy atom. The molecule has 1 aromatic heterocycles. The topological polar surface area (TPSA) is 80.9 Å². The normalized spacial score (nSPS) is 17.6. The predicted molar refractivity (Wildman–Crippen MR) is 107 cm³/mol. The van der Waals surface area contributed by atoms with E-state index in [2.05, 4.69) is 41.6 Å². The Hall–Kier alpha value is -1.60. The highest BCUT2D eigenvalue weighted by atomic mass is 16.5. The third-order valence-corrected chi connectivity index (χ3v) is 4.85. The van der Waals surface area contributed by atoms with E-state index in [0.29, 0.717) is 18.4 Å². The van der Waals surface area contributed by atoms with E-state index in [0.717, 1.165) is 82.6 Å². The summed E-state index contributed by atoms with van der Waals surface area (Å²) in [6.07, 6.45) is 4.22. The molecule has 1 saturated heterocycles. The van der Waals surface area contributed by atoms with Crippen molar-refractivity contribution in [3.05, 3.63) is 17.5 Å². The molecule has 7 nitrogen and oxygen atoms in total. The molecule has 0 saturated carbocycles. The van der Waals surface area contributed by atoms with Crippen LogP contribution in [0, 0.1) is 5.92 Å². The summed E-state index contributed by atoms with van der Waals surface area (Å²) in [4.78, 5) is 4.59. The molecule has 154 valence electrons. The van der Waals surface area contributed by atoms with Crippen molar-refractivity contribution >= 4 is 5.96 Å². The van der Waals surface area contributed by atoms with Crippen LogP contribution in [0.2, 0.25) is 0 Å². The molecule has 2 rings (SSSR count). The Bertz CT molecular complexity index is 537. The van der Waals surface area contributed by atoms with Gasteiger partial charge in [-0.25, -0.2) is 4.99 Å². The maximum atomic E-state index is 5.73. The van der Waals surface area contributed by atoms with Crippen molar-refractivity contribution in [1.29, 1.82) is 0 Å². The fourth-order valence-electron chi connectivity index (χ4n) is 3.15. The van der Waals surface area contributed by atoms with Gasteiger partial charge in [0.25, 0.3) is 0 Å². The first-order valence-corrected chi connectivity index (χ1v) is 10.4. The molecule has 1 fully saturated rings. The van der Waals surface area contributed by atoms with Crippen LogP contribution in [0.25, 0.3) is 0 Å². The minimum atomic E-state index is 0.466. The average molecular weight is 381 g/mol. The molecule has 1 aromatic rings. The van der Waals surface area contributed by atoms with Crippen LogP contribution in [0.3, 0.4) is 0 Å². The van der Waals surface area contributed by atoms with Gasteiger partial charge in [0.1, 0.15) is 6.54 Å². The highest BCUT2D eigenvalue weighted by Gasteiger charge is 2.15. The van der Waals surface area contributed by atoms with E-state index in [4.69, 9.17) is 14.0 Å². The molecule has 2 N–H and O–H groups in total. The van der Waals surface area contributed by atoms with Crippen LogP contribution in [0.1, 0.15) is 63.8 Å². The number of aliphatic imine (C=N–C) groups is 1. The quantitative estimate of drug-likeness (QED) is 0.329. The van der Waals surface area contributed by atoms with Crippen molar-refractivity contribution in [3.8, 4) is 0 Å². The molecule has 27 heavy (non-hydrogen) atoms. The van der Waals surface area contributed by atoms with Gasteiger partial charge in [0, 0.05) is 44.2 Å². The first-order valence-electron chi connectivity index (χ1n) is 10.4. The molecule has 1 atom stereocenters.